The molecule has 0 aliphatic heterocycles. The molecular formula is C7H12F4. The van der Waals surface area contributed by atoms with E-state index in [0.29, 0.717) is 0 Å². The highest BCUT2D eigenvalue weighted by Gasteiger charge is 2.25. The van der Waals surface area contributed by atoms with Crippen molar-refractivity contribution in [2.75, 3.05) is 0 Å². The van der Waals surface area contributed by atoms with Crippen LogP contribution in [-0.4, -0.2) is 12.3 Å². The molecule has 0 unspecified atom stereocenters. The third-order valence-corrected chi connectivity index (χ3v) is 1.48. The Morgan fingerprint density at radius 2 is 1.82 bits per heavy atom. The van der Waals surface area contributed by atoms with Crippen LogP contribution in [0.25, 0.3) is 0 Å². The monoisotopic (exact) mass is 172 g/mol. The van der Waals surface area contributed by atoms with Gasteiger partial charge < -0.3 is 0 Å². The first-order valence-corrected chi connectivity index (χ1v) is 3.64. The summed E-state index contributed by atoms with van der Waals surface area (Å²) in [5.74, 6) is -2.76. The van der Waals surface area contributed by atoms with E-state index >= 15 is 0 Å². The lowest BCUT2D eigenvalue weighted by atomic mass is 10.1. The van der Waals surface area contributed by atoms with Crippen LogP contribution in [-0.2, 0) is 0 Å². The van der Waals surface area contributed by atoms with E-state index in [4.69, 9.17) is 0 Å². The van der Waals surface area contributed by atoms with Gasteiger partial charge in [-0.3, -0.25) is 0 Å². The molecule has 0 radical (unpaired) electrons. The molecule has 0 aromatic rings. The Bertz CT molecular complexity index is 101. The quantitative estimate of drug-likeness (QED) is 0.557. The molecule has 0 spiro atoms. The zero-order chi connectivity index (χ0) is 8.91. The number of alkyl halides is 4. The van der Waals surface area contributed by atoms with E-state index in [2.05, 4.69) is 0 Å². The molecule has 0 aliphatic carbocycles. The van der Waals surface area contributed by atoms with Crippen LogP contribution in [0.1, 0.15) is 32.6 Å². The number of halogens is 4. The lowest BCUT2D eigenvalue weighted by Gasteiger charge is -2.12. The van der Waals surface area contributed by atoms with Crippen LogP contribution in [0.4, 0.5) is 17.6 Å². The predicted molar refractivity (Wildman–Crippen MR) is 35.1 cm³/mol. The van der Waals surface area contributed by atoms with Crippen LogP contribution < -0.4 is 0 Å². The minimum atomic E-state index is -2.76. The van der Waals surface area contributed by atoms with Crippen molar-refractivity contribution in [3.63, 3.8) is 0 Å². The van der Waals surface area contributed by atoms with Gasteiger partial charge in [-0.2, -0.15) is 0 Å². The Hall–Kier alpha value is -0.280. The zero-order valence-electron chi connectivity index (χ0n) is 6.42. The summed E-state index contributed by atoms with van der Waals surface area (Å²) in [7, 11) is 0. The molecule has 0 aliphatic rings. The summed E-state index contributed by atoms with van der Waals surface area (Å²) in [5.41, 5.74) is 0. The van der Waals surface area contributed by atoms with Crippen molar-refractivity contribution < 1.29 is 17.6 Å². The minimum absolute atomic E-state index is 0.0987. The molecule has 0 bridgehead atoms. The van der Waals surface area contributed by atoms with Crippen LogP contribution in [0.15, 0.2) is 0 Å². The molecule has 0 heterocycles. The van der Waals surface area contributed by atoms with Gasteiger partial charge in [0.2, 0.25) is 12.3 Å². The summed E-state index contributed by atoms with van der Waals surface area (Å²) < 4.78 is 47.7. The van der Waals surface area contributed by atoms with Gasteiger partial charge in [-0.15, -0.1) is 0 Å². The maximum absolute atomic E-state index is 12.4. The van der Waals surface area contributed by atoms with E-state index in [1.807, 2.05) is 0 Å². The van der Waals surface area contributed by atoms with Crippen molar-refractivity contribution in [2.24, 2.45) is 0 Å². The molecule has 0 nitrogen and oxygen atoms in total. The van der Waals surface area contributed by atoms with Crippen molar-refractivity contribution in [1.82, 2.24) is 0 Å². The number of hydrogen-bond donors (Lipinski definition) is 0. The van der Waals surface area contributed by atoms with E-state index in [-0.39, 0.29) is 12.8 Å². The molecule has 0 amide bonds. The van der Waals surface area contributed by atoms with Crippen molar-refractivity contribution >= 4 is 0 Å². The van der Waals surface area contributed by atoms with Gasteiger partial charge in [0.25, 0.3) is 0 Å². The fourth-order valence-electron chi connectivity index (χ4n) is 0.692. The van der Waals surface area contributed by atoms with Crippen LogP contribution in [0.5, 0.6) is 0 Å². The Labute approximate surface area is 63.6 Å². The first kappa shape index (κ1) is 10.7. The fourth-order valence-corrected chi connectivity index (χ4v) is 0.692. The van der Waals surface area contributed by atoms with E-state index in [9.17, 15) is 17.6 Å². The van der Waals surface area contributed by atoms with Gasteiger partial charge in [0.15, 0.2) is 0 Å². The maximum atomic E-state index is 12.4. The second kappa shape index (κ2) is 4.57. The lowest BCUT2D eigenvalue weighted by Crippen LogP contribution is -2.14. The van der Waals surface area contributed by atoms with Crippen LogP contribution in [0.3, 0.4) is 0 Å². The van der Waals surface area contributed by atoms with E-state index in [1.54, 1.807) is 0 Å². The summed E-state index contributed by atoms with van der Waals surface area (Å²) >= 11 is 0. The molecule has 0 aromatic carbocycles. The first-order valence-electron chi connectivity index (χ1n) is 3.64. The molecule has 68 valence electrons. The summed E-state index contributed by atoms with van der Waals surface area (Å²) in [5, 5.41) is 0. The highest BCUT2D eigenvalue weighted by Crippen LogP contribution is 2.25. The number of hydrogen-bond acceptors (Lipinski definition) is 0. The van der Waals surface area contributed by atoms with Crippen LogP contribution in [0, 0.1) is 0 Å². The molecule has 0 atom stereocenters. The normalized spacial score (nSPS) is 12.5. The van der Waals surface area contributed by atoms with Crippen LogP contribution in [0.2, 0.25) is 0 Å². The van der Waals surface area contributed by atoms with Gasteiger partial charge in [0, 0.05) is 19.3 Å². The molecule has 0 saturated carbocycles. The van der Waals surface area contributed by atoms with E-state index in [0.717, 1.165) is 0 Å². The van der Waals surface area contributed by atoms with Gasteiger partial charge in [-0.1, -0.05) is 6.92 Å². The third-order valence-electron chi connectivity index (χ3n) is 1.48. The van der Waals surface area contributed by atoms with Gasteiger partial charge in [-0.25, -0.2) is 17.6 Å². The molecule has 0 aromatic heterocycles. The van der Waals surface area contributed by atoms with Crippen molar-refractivity contribution in [1.29, 1.82) is 0 Å². The zero-order valence-corrected chi connectivity index (χ0v) is 6.42. The Morgan fingerprint density at radius 3 is 2.18 bits per heavy atom. The highest BCUT2D eigenvalue weighted by atomic mass is 19.3. The summed E-state index contributed by atoms with van der Waals surface area (Å²) in [6.45, 7) is 1.35. The van der Waals surface area contributed by atoms with Crippen molar-refractivity contribution in [2.45, 2.75) is 45.0 Å². The highest BCUT2D eigenvalue weighted by molar-refractivity contribution is 4.63. The lowest BCUT2D eigenvalue weighted by molar-refractivity contribution is -0.0172. The van der Waals surface area contributed by atoms with Crippen LogP contribution >= 0.6 is 0 Å². The summed E-state index contributed by atoms with van der Waals surface area (Å²) in [4.78, 5) is 0. The summed E-state index contributed by atoms with van der Waals surface area (Å²) in [6, 6.07) is 0. The van der Waals surface area contributed by atoms with Gasteiger partial charge in [-0.05, 0) is 6.42 Å². The molecule has 0 rings (SSSR count). The second-order valence-corrected chi connectivity index (χ2v) is 2.49. The van der Waals surface area contributed by atoms with E-state index in [1.165, 1.54) is 6.92 Å². The second-order valence-electron chi connectivity index (χ2n) is 2.49. The molecular weight excluding hydrogens is 160 g/mol. The van der Waals surface area contributed by atoms with Gasteiger partial charge >= 0.3 is 0 Å². The average molecular weight is 172 g/mol. The topological polar surface area (TPSA) is 0 Å². The van der Waals surface area contributed by atoms with Crippen molar-refractivity contribution in [3.8, 4) is 0 Å². The summed E-state index contributed by atoms with van der Waals surface area (Å²) in [6.07, 6.45) is -3.67. The maximum Gasteiger partial charge on any atom is 0.247 e. The molecule has 0 N–H and O–H groups in total. The molecule has 11 heavy (non-hydrogen) atoms. The van der Waals surface area contributed by atoms with Crippen molar-refractivity contribution in [3.05, 3.63) is 0 Å². The smallest absolute Gasteiger partial charge is 0.211 e. The minimum Gasteiger partial charge on any atom is -0.211 e. The SMILES string of the molecule is CCC(F)(F)CCCC(F)F. The first-order chi connectivity index (χ1) is 4.98. The molecule has 0 fully saturated rings. The van der Waals surface area contributed by atoms with E-state index < -0.39 is 25.2 Å². The molecule has 4 heteroatoms. The predicted octanol–water partition coefficient (Wildman–Crippen LogP) is 3.47. The average Bonchev–Trinajstić information content (AvgIpc) is 1.87. The fraction of sp³-hybridized carbons (Fsp3) is 1.00. The largest absolute Gasteiger partial charge is 0.247 e. The van der Waals surface area contributed by atoms with Gasteiger partial charge in [0.05, 0.1) is 0 Å². The molecule has 0 saturated heterocycles. The number of rotatable bonds is 5. The Kier molecular flexibility index (Phi) is 4.45. The third kappa shape index (κ3) is 6.13. The van der Waals surface area contributed by atoms with Gasteiger partial charge in [0.1, 0.15) is 0 Å². The Morgan fingerprint density at radius 1 is 1.27 bits per heavy atom. The standard InChI is InChI=1S/C7H12F4/c1-2-7(10,11)5-3-4-6(8)9/h6H,2-5H2,1H3. The Balaban J connectivity index is 3.38.